The van der Waals surface area contributed by atoms with E-state index in [1.54, 1.807) is 0 Å². The Hall–Kier alpha value is -2.88. The van der Waals surface area contributed by atoms with Gasteiger partial charge < -0.3 is 14.6 Å². The van der Waals surface area contributed by atoms with Gasteiger partial charge in [0.2, 0.25) is 0 Å². The van der Waals surface area contributed by atoms with Crippen LogP contribution in [0.25, 0.3) is 0 Å². The van der Waals surface area contributed by atoms with Gasteiger partial charge in [-0.2, -0.15) is 5.26 Å². The van der Waals surface area contributed by atoms with E-state index in [0.717, 1.165) is 0 Å². The summed E-state index contributed by atoms with van der Waals surface area (Å²) in [4.78, 5) is 0. The molecule has 0 aliphatic rings. The molecule has 156 valence electrons. The Bertz CT molecular complexity index is 694. The van der Waals surface area contributed by atoms with Crippen molar-refractivity contribution in [2.45, 2.75) is 54.5 Å². The summed E-state index contributed by atoms with van der Waals surface area (Å²) >= 11 is 0. The molecule has 0 bridgehead atoms. The number of nitrogens with zero attached hydrogens (tertiary/aromatic N) is 1. The number of phenolic OH excluding ortho intramolecular Hbond substituents is 1. The first kappa shape index (κ1) is 27.3. The summed E-state index contributed by atoms with van der Waals surface area (Å²) < 4.78 is 45.2. The quantitative estimate of drug-likeness (QED) is 0.613. The number of phenols is 1. The molecular weight excluding hydrogens is 371 g/mol. The smallest absolute Gasteiger partial charge is 0.508 e. The topological polar surface area (TPSA) is 62.5 Å². The highest BCUT2D eigenvalue weighted by atomic mass is 19.4. The Morgan fingerprint density at radius 2 is 1.46 bits per heavy atom. The molecule has 4 nitrogen and oxygen atoms in total. The average molecular weight is 399 g/mol. The number of hydrogen-bond donors (Lipinski definition) is 1. The minimum absolute atomic E-state index is 0.0322. The predicted molar refractivity (Wildman–Crippen MR) is 104 cm³/mol. The zero-order valence-corrected chi connectivity index (χ0v) is 17.1. The molecule has 0 heterocycles. The molecule has 2 aromatic carbocycles. The highest BCUT2D eigenvalue weighted by Crippen LogP contribution is 2.25. The predicted octanol–water partition coefficient (Wildman–Crippen LogP) is 6.82. The van der Waals surface area contributed by atoms with Gasteiger partial charge in [-0.15, -0.1) is 13.2 Å². The van der Waals surface area contributed by atoms with E-state index in [-0.39, 0.29) is 29.4 Å². The van der Waals surface area contributed by atoms with Crippen LogP contribution in [-0.2, 0) is 6.61 Å². The Balaban J connectivity index is 0. The van der Waals surface area contributed by atoms with Crippen LogP contribution >= 0.6 is 0 Å². The Labute approximate surface area is 165 Å². The summed E-state index contributed by atoms with van der Waals surface area (Å²) in [7, 11) is 0. The lowest BCUT2D eigenvalue weighted by atomic mass is 10.2. The van der Waals surface area contributed by atoms with Crippen molar-refractivity contribution >= 4 is 0 Å². The molecule has 0 aliphatic carbocycles. The van der Waals surface area contributed by atoms with E-state index in [1.807, 2.05) is 47.6 Å². The van der Waals surface area contributed by atoms with Gasteiger partial charge in [0.15, 0.2) is 0 Å². The average Bonchev–Trinajstić information content (AvgIpc) is 2.71. The Kier molecular flexibility index (Phi) is 14.8. The van der Waals surface area contributed by atoms with Crippen LogP contribution in [0, 0.1) is 11.3 Å². The SMILES string of the molecule is CC.CC.CC.N#Cc1ccc(O)cc1OCc1ccc(OC(F)(F)F)cc1. The van der Waals surface area contributed by atoms with E-state index in [2.05, 4.69) is 4.74 Å². The van der Waals surface area contributed by atoms with E-state index in [1.165, 1.54) is 42.5 Å². The third kappa shape index (κ3) is 11.0. The molecule has 0 spiro atoms. The summed E-state index contributed by atoms with van der Waals surface area (Å²) in [5.41, 5.74) is 0.830. The molecule has 0 saturated carbocycles. The number of rotatable bonds is 4. The minimum Gasteiger partial charge on any atom is -0.508 e. The lowest BCUT2D eigenvalue weighted by molar-refractivity contribution is -0.274. The molecule has 0 atom stereocenters. The van der Waals surface area contributed by atoms with Crippen molar-refractivity contribution in [3.63, 3.8) is 0 Å². The fourth-order valence-electron chi connectivity index (χ4n) is 1.67. The second-order valence-corrected chi connectivity index (χ2v) is 4.27. The van der Waals surface area contributed by atoms with Gasteiger partial charge in [0.05, 0.1) is 5.56 Å². The van der Waals surface area contributed by atoms with Crippen LogP contribution in [0.15, 0.2) is 42.5 Å². The fraction of sp³-hybridized carbons (Fsp3) is 0.381. The van der Waals surface area contributed by atoms with Gasteiger partial charge in [0.1, 0.15) is 29.9 Å². The van der Waals surface area contributed by atoms with Crippen molar-refractivity contribution in [1.29, 1.82) is 5.26 Å². The van der Waals surface area contributed by atoms with Crippen molar-refractivity contribution in [3.8, 4) is 23.3 Å². The molecule has 0 radical (unpaired) electrons. The highest BCUT2D eigenvalue weighted by molar-refractivity contribution is 5.47. The lowest BCUT2D eigenvalue weighted by Crippen LogP contribution is -2.17. The van der Waals surface area contributed by atoms with Crippen molar-refractivity contribution in [2.75, 3.05) is 0 Å². The molecule has 0 unspecified atom stereocenters. The third-order valence-electron chi connectivity index (χ3n) is 2.64. The van der Waals surface area contributed by atoms with Crippen molar-refractivity contribution in [3.05, 3.63) is 53.6 Å². The molecule has 28 heavy (non-hydrogen) atoms. The molecule has 0 saturated heterocycles. The first-order valence-corrected chi connectivity index (χ1v) is 9.08. The molecule has 1 N–H and O–H groups in total. The second kappa shape index (κ2) is 15.2. The van der Waals surface area contributed by atoms with Crippen LogP contribution < -0.4 is 9.47 Å². The zero-order valence-electron chi connectivity index (χ0n) is 17.1. The van der Waals surface area contributed by atoms with E-state index < -0.39 is 6.36 Å². The maximum atomic E-state index is 12.0. The molecule has 2 rings (SSSR count). The summed E-state index contributed by atoms with van der Waals surface area (Å²) in [6.07, 6.45) is -4.73. The van der Waals surface area contributed by atoms with E-state index in [0.29, 0.717) is 5.56 Å². The van der Waals surface area contributed by atoms with Crippen LogP contribution in [-0.4, -0.2) is 11.5 Å². The maximum absolute atomic E-state index is 12.0. The molecule has 0 aliphatic heterocycles. The number of aromatic hydroxyl groups is 1. The van der Waals surface area contributed by atoms with Gasteiger partial charge in [-0.25, -0.2) is 0 Å². The van der Waals surface area contributed by atoms with E-state index in [4.69, 9.17) is 10.00 Å². The van der Waals surface area contributed by atoms with Gasteiger partial charge in [0.25, 0.3) is 0 Å². The van der Waals surface area contributed by atoms with Gasteiger partial charge in [-0.05, 0) is 29.8 Å². The number of halogens is 3. The number of alkyl halides is 3. The van der Waals surface area contributed by atoms with E-state index in [9.17, 15) is 18.3 Å². The molecule has 2 aromatic rings. The minimum atomic E-state index is -4.73. The van der Waals surface area contributed by atoms with Gasteiger partial charge in [-0.3, -0.25) is 0 Å². The fourth-order valence-corrected chi connectivity index (χ4v) is 1.67. The first-order valence-electron chi connectivity index (χ1n) is 9.08. The number of nitriles is 1. The van der Waals surface area contributed by atoms with Crippen LogP contribution in [0.5, 0.6) is 17.2 Å². The van der Waals surface area contributed by atoms with Crippen LogP contribution in [0.3, 0.4) is 0 Å². The summed E-state index contributed by atoms with van der Waals surface area (Å²) in [5, 5.41) is 18.3. The second-order valence-electron chi connectivity index (χ2n) is 4.27. The number of hydrogen-bond acceptors (Lipinski definition) is 4. The molecule has 7 heteroatoms. The van der Waals surface area contributed by atoms with Gasteiger partial charge in [0, 0.05) is 6.07 Å². The van der Waals surface area contributed by atoms with Crippen LogP contribution in [0.1, 0.15) is 52.7 Å². The first-order chi connectivity index (χ1) is 13.4. The molecule has 0 amide bonds. The largest absolute Gasteiger partial charge is 0.573 e. The van der Waals surface area contributed by atoms with Gasteiger partial charge in [-0.1, -0.05) is 53.7 Å². The Morgan fingerprint density at radius 3 is 1.93 bits per heavy atom. The standard InChI is InChI=1S/C15H10F3NO3.3C2H6/c16-15(17,18)22-13-5-1-10(2-6-13)9-21-14-7-12(20)4-3-11(14)8-19;3*1-2/h1-7,20H,9H2;3*1-2H3. The van der Waals surface area contributed by atoms with Crippen molar-refractivity contribution < 1.29 is 27.8 Å². The zero-order chi connectivity index (χ0) is 22.2. The van der Waals surface area contributed by atoms with E-state index >= 15 is 0 Å². The number of benzene rings is 2. The van der Waals surface area contributed by atoms with Gasteiger partial charge >= 0.3 is 6.36 Å². The molecule has 0 aromatic heterocycles. The van der Waals surface area contributed by atoms with Crippen LogP contribution in [0.2, 0.25) is 0 Å². The van der Waals surface area contributed by atoms with Crippen molar-refractivity contribution in [1.82, 2.24) is 0 Å². The number of ether oxygens (including phenoxy) is 2. The van der Waals surface area contributed by atoms with Crippen LogP contribution in [0.4, 0.5) is 13.2 Å². The highest BCUT2D eigenvalue weighted by Gasteiger charge is 2.30. The summed E-state index contributed by atoms with van der Waals surface area (Å²) in [6.45, 7) is 12.0. The Morgan fingerprint density at radius 1 is 0.929 bits per heavy atom. The maximum Gasteiger partial charge on any atom is 0.573 e. The summed E-state index contributed by atoms with van der Waals surface area (Å²) in [6, 6.07) is 11.1. The summed E-state index contributed by atoms with van der Waals surface area (Å²) in [5.74, 6) is -0.188. The molecule has 0 fully saturated rings. The third-order valence-corrected chi connectivity index (χ3v) is 2.64. The van der Waals surface area contributed by atoms with Crippen molar-refractivity contribution in [2.24, 2.45) is 0 Å². The monoisotopic (exact) mass is 399 g/mol. The normalized spacial score (nSPS) is 9.14. The lowest BCUT2D eigenvalue weighted by Gasteiger charge is -2.10. The molecular formula is C21H28F3NO3.